The number of fused-ring (bicyclic) bond motifs is 1. The second-order valence-electron chi connectivity index (χ2n) is 6.15. The first-order valence-electron chi connectivity index (χ1n) is 8.76. The summed E-state index contributed by atoms with van der Waals surface area (Å²) >= 11 is 3.36. The van der Waals surface area contributed by atoms with Crippen LogP contribution in [0.4, 0.5) is 0 Å². The van der Waals surface area contributed by atoms with Crippen molar-refractivity contribution in [3.05, 3.63) is 67.3 Å². The van der Waals surface area contributed by atoms with Crippen LogP contribution in [-0.2, 0) is 9.53 Å². The van der Waals surface area contributed by atoms with Crippen LogP contribution in [0, 0.1) is 0 Å². The molecule has 0 saturated heterocycles. The van der Waals surface area contributed by atoms with Gasteiger partial charge >= 0.3 is 11.7 Å². The van der Waals surface area contributed by atoms with E-state index in [2.05, 4.69) is 30.8 Å². The van der Waals surface area contributed by atoms with Gasteiger partial charge in [0.1, 0.15) is 0 Å². The summed E-state index contributed by atoms with van der Waals surface area (Å²) in [6.07, 6.45) is 0.349. The number of methoxy groups -OCH3 is 2. The molecule has 0 aliphatic heterocycles. The average molecular weight is 476 g/mol. The molecule has 1 atom stereocenters. The Bertz CT molecular complexity index is 1250. The number of hydrogen-bond acceptors (Lipinski definition) is 7. The van der Waals surface area contributed by atoms with Crippen LogP contribution in [0.2, 0.25) is 0 Å². The number of carbonyl (C=O) groups excluding carboxylic acids is 1. The van der Waals surface area contributed by atoms with Gasteiger partial charge in [-0.1, -0.05) is 28.1 Å². The maximum atomic E-state index is 12.7. The van der Waals surface area contributed by atoms with E-state index >= 15 is 0 Å². The monoisotopic (exact) mass is 475 g/mol. The summed E-state index contributed by atoms with van der Waals surface area (Å²) in [5.41, 5.74) is -0.476. The molecule has 0 saturated carbocycles. The van der Waals surface area contributed by atoms with Crippen LogP contribution in [0.3, 0.4) is 0 Å². The van der Waals surface area contributed by atoms with Gasteiger partial charge < -0.3 is 19.2 Å². The topological polar surface area (TPSA) is 112 Å². The Hall–Kier alpha value is -3.40. The van der Waals surface area contributed by atoms with Crippen molar-refractivity contribution in [3.63, 3.8) is 0 Å². The number of aromatic nitrogens is 2. The van der Waals surface area contributed by atoms with Crippen LogP contribution in [0.5, 0.6) is 11.5 Å². The van der Waals surface area contributed by atoms with E-state index in [1.54, 1.807) is 36.4 Å². The summed E-state index contributed by atoms with van der Waals surface area (Å²) in [5.74, 6) is -0.0565. The van der Waals surface area contributed by atoms with E-state index in [-0.39, 0.29) is 5.75 Å². The van der Waals surface area contributed by atoms with E-state index in [0.29, 0.717) is 31.4 Å². The first-order valence-corrected chi connectivity index (χ1v) is 9.55. The lowest BCUT2D eigenvalue weighted by Gasteiger charge is -2.17. The SMILES string of the molecule is COC(=O)[C@@H](C)Oc1c(C=Nn2c(=O)[nH]c3ccccc3c2=O)cc(Br)cc1OC. The van der Waals surface area contributed by atoms with Gasteiger partial charge in [-0.2, -0.15) is 5.10 Å². The molecule has 3 rings (SSSR count). The normalized spacial score (nSPS) is 12.1. The maximum Gasteiger partial charge on any atom is 0.349 e. The molecule has 10 heteroatoms. The predicted molar refractivity (Wildman–Crippen MR) is 115 cm³/mol. The van der Waals surface area contributed by atoms with Gasteiger partial charge in [-0.15, -0.1) is 4.68 Å². The predicted octanol–water partition coefficient (Wildman–Crippen LogP) is 2.28. The van der Waals surface area contributed by atoms with E-state index in [1.807, 2.05) is 0 Å². The lowest BCUT2D eigenvalue weighted by Crippen LogP contribution is -2.32. The molecule has 0 aliphatic rings. The maximum absolute atomic E-state index is 12.7. The lowest BCUT2D eigenvalue weighted by molar-refractivity contribution is -0.147. The van der Waals surface area contributed by atoms with Gasteiger partial charge in [0.05, 0.1) is 31.3 Å². The van der Waals surface area contributed by atoms with Gasteiger partial charge in [-0.25, -0.2) is 9.59 Å². The van der Waals surface area contributed by atoms with Gasteiger partial charge in [0.25, 0.3) is 5.56 Å². The number of H-pyrrole nitrogens is 1. The number of rotatable bonds is 6. The quantitative estimate of drug-likeness (QED) is 0.432. The highest BCUT2D eigenvalue weighted by atomic mass is 79.9. The smallest absolute Gasteiger partial charge is 0.349 e. The molecule has 3 aromatic rings. The molecular weight excluding hydrogens is 458 g/mol. The van der Waals surface area contributed by atoms with Crippen molar-refractivity contribution in [3.8, 4) is 11.5 Å². The van der Waals surface area contributed by atoms with E-state index in [9.17, 15) is 14.4 Å². The van der Waals surface area contributed by atoms with Crippen molar-refractivity contribution in [1.29, 1.82) is 0 Å². The highest BCUT2D eigenvalue weighted by Gasteiger charge is 2.20. The number of ether oxygens (including phenoxy) is 3. The molecule has 9 nitrogen and oxygen atoms in total. The second-order valence-corrected chi connectivity index (χ2v) is 7.06. The van der Waals surface area contributed by atoms with Crippen LogP contribution in [-0.4, -0.2) is 42.2 Å². The molecule has 0 aliphatic carbocycles. The third-order valence-corrected chi connectivity index (χ3v) is 4.65. The van der Waals surface area contributed by atoms with E-state index in [4.69, 9.17) is 9.47 Å². The van der Waals surface area contributed by atoms with E-state index in [1.165, 1.54) is 27.4 Å². The summed E-state index contributed by atoms with van der Waals surface area (Å²) in [6.45, 7) is 1.52. The molecule has 0 unspecified atom stereocenters. The Morgan fingerprint density at radius 2 is 1.97 bits per heavy atom. The van der Waals surface area contributed by atoms with Gasteiger partial charge in [0, 0.05) is 10.0 Å². The zero-order chi connectivity index (χ0) is 21.8. The molecule has 2 aromatic carbocycles. The Morgan fingerprint density at radius 3 is 2.67 bits per heavy atom. The van der Waals surface area contributed by atoms with Crippen molar-refractivity contribution in [2.75, 3.05) is 14.2 Å². The molecule has 156 valence electrons. The number of nitrogens with one attached hydrogen (secondary N) is 1. The minimum absolute atomic E-state index is 0.201. The fourth-order valence-electron chi connectivity index (χ4n) is 2.73. The first-order chi connectivity index (χ1) is 14.3. The summed E-state index contributed by atoms with van der Waals surface area (Å²) < 4.78 is 17.1. The molecular formula is C20H18BrN3O6. The zero-order valence-corrected chi connectivity index (χ0v) is 17.9. The molecule has 1 heterocycles. The number of hydrogen-bond donors (Lipinski definition) is 1. The molecule has 30 heavy (non-hydrogen) atoms. The van der Waals surface area contributed by atoms with Crippen molar-refractivity contribution in [2.45, 2.75) is 13.0 Å². The van der Waals surface area contributed by atoms with Crippen LogP contribution >= 0.6 is 15.9 Å². The summed E-state index contributed by atoms with van der Waals surface area (Å²) in [6, 6.07) is 9.91. The number of nitrogens with zero attached hydrogens (tertiary/aromatic N) is 2. The molecule has 0 spiro atoms. The average Bonchev–Trinajstić information content (AvgIpc) is 2.74. The highest BCUT2D eigenvalue weighted by molar-refractivity contribution is 9.10. The van der Waals surface area contributed by atoms with Crippen molar-refractivity contribution in [2.24, 2.45) is 5.10 Å². The minimum atomic E-state index is -0.927. The number of carbonyl (C=O) groups is 1. The fourth-order valence-corrected chi connectivity index (χ4v) is 3.19. The summed E-state index contributed by atoms with van der Waals surface area (Å²) in [4.78, 5) is 39.3. The minimum Gasteiger partial charge on any atom is -0.493 e. The molecule has 1 N–H and O–H groups in total. The number of halogens is 1. The Balaban J connectivity index is 2.10. The van der Waals surface area contributed by atoms with Crippen LogP contribution in [0.15, 0.2) is 55.6 Å². The largest absolute Gasteiger partial charge is 0.493 e. The van der Waals surface area contributed by atoms with Gasteiger partial charge in [0.15, 0.2) is 17.6 Å². The van der Waals surface area contributed by atoms with Crippen LogP contribution < -0.4 is 20.7 Å². The third-order valence-electron chi connectivity index (χ3n) is 4.19. The van der Waals surface area contributed by atoms with E-state index in [0.717, 1.165) is 0 Å². The van der Waals surface area contributed by atoms with Gasteiger partial charge in [0.2, 0.25) is 0 Å². The number of para-hydroxylation sites is 1. The van der Waals surface area contributed by atoms with Crippen molar-refractivity contribution >= 4 is 39.0 Å². The van der Waals surface area contributed by atoms with Crippen molar-refractivity contribution in [1.82, 2.24) is 9.66 Å². The molecule has 0 radical (unpaired) electrons. The molecule has 0 fully saturated rings. The Morgan fingerprint density at radius 1 is 1.23 bits per heavy atom. The highest BCUT2D eigenvalue weighted by Crippen LogP contribution is 2.34. The van der Waals surface area contributed by atoms with Crippen LogP contribution in [0.1, 0.15) is 12.5 Å². The second kappa shape index (κ2) is 8.95. The molecule has 1 aromatic heterocycles. The van der Waals surface area contributed by atoms with Crippen molar-refractivity contribution < 1.29 is 19.0 Å². The lowest BCUT2D eigenvalue weighted by atomic mass is 10.2. The number of benzene rings is 2. The number of esters is 1. The Labute approximate surface area is 179 Å². The standard InChI is InChI=1S/C20H18BrN3O6/c1-11(19(26)29-3)30-17-12(8-13(21)9-16(17)28-2)10-22-24-18(25)14-6-4-5-7-15(14)23-20(24)27/h4-11H,1-3H3,(H,23,27)/t11-/m1/s1. The summed E-state index contributed by atoms with van der Waals surface area (Å²) in [5, 5.41) is 4.35. The molecule has 0 amide bonds. The third kappa shape index (κ3) is 4.28. The zero-order valence-electron chi connectivity index (χ0n) is 16.3. The molecule has 0 bridgehead atoms. The van der Waals surface area contributed by atoms with Gasteiger partial charge in [-0.05, 0) is 31.2 Å². The van der Waals surface area contributed by atoms with E-state index < -0.39 is 23.3 Å². The van der Waals surface area contributed by atoms with Crippen LogP contribution in [0.25, 0.3) is 10.9 Å². The summed E-state index contributed by atoms with van der Waals surface area (Å²) in [7, 11) is 2.69. The Kier molecular flexibility index (Phi) is 6.36. The first kappa shape index (κ1) is 21.3. The van der Waals surface area contributed by atoms with Gasteiger partial charge in [-0.3, -0.25) is 4.79 Å². The fraction of sp³-hybridized carbons (Fsp3) is 0.200. The number of aromatic amines is 1.